The maximum Gasteiger partial charge on any atom is 0.198 e. The molecule has 0 unspecified atom stereocenters. The van der Waals surface area contributed by atoms with E-state index in [1.54, 1.807) is 12.3 Å². The Morgan fingerprint density at radius 1 is 1.40 bits per heavy atom. The van der Waals surface area contributed by atoms with Crippen LogP contribution < -0.4 is 5.73 Å². The van der Waals surface area contributed by atoms with E-state index in [2.05, 4.69) is 9.97 Å². The standard InChI is InChI=1S/C6H5N3O/c7-4-1-5-6(8-2-4)9-3-10-5/h1-3H,7H2. The summed E-state index contributed by atoms with van der Waals surface area (Å²) >= 11 is 0. The number of nitrogens with two attached hydrogens (primary N) is 1. The number of aromatic nitrogens is 2. The van der Waals surface area contributed by atoms with Gasteiger partial charge >= 0.3 is 0 Å². The maximum absolute atomic E-state index is 5.43. The van der Waals surface area contributed by atoms with Crippen molar-refractivity contribution in [1.82, 2.24) is 9.97 Å². The molecule has 4 heteroatoms. The van der Waals surface area contributed by atoms with Crippen molar-refractivity contribution in [3.63, 3.8) is 0 Å². The first-order valence-electron chi connectivity index (χ1n) is 2.81. The molecule has 0 radical (unpaired) electrons. The van der Waals surface area contributed by atoms with E-state index in [1.165, 1.54) is 6.39 Å². The molecule has 2 N–H and O–H groups in total. The van der Waals surface area contributed by atoms with Gasteiger partial charge in [0.25, 0.3) is 0 Å². The van der Waals surface area contributed by atoms with Crippen molar-refractivity contribution in [2.45, 2.75) is 0 Å². The van der Waals surface area contributed by atoms with E-state index < -0.39 is 0 Å². The van der Waals surface area contributed by atoms with Gasteiger partial charge in [0.15, 0.2) is 17.6 Å². The molecule has 2 heterocycles. The van der Waals surface area contributed by atoms with E-state index in [-0.39, 0.29) is 0 Å². The Kier molecular flexibility index (Phi) is 0.887. The molecule has 0 aliphatic rings. The topological polar surface area (TPSA) is 64.9 Å². The number of rotatable bonds is 0. The summed E-state index contributed by atoms with van der Waals surface area (Å²) in [6, 6.07) is 1.69. The Labute approximate surface area is 56.7 Å². The van der Waals surface area contributed by atoms with Crippen LogP contribution in [-0.2, 0) is 0 Å². The van der Waals surface area contributed by atoms with E-state index in [9.17, 15) is 0 Å². The summed E-state index contributed by atoms with van der Waals surface area (Å²) in [6.45, 7) is 0. The fourth-order valence-corrected chi connectivity index (χ4v) is 0.769. The molecule has 0 saturated heterocycles. The fourth-order valence-electron chi connectivity index (χ4n) is 0.769. The predicted molar refractivity (Wildman–Crippen MR) is 36.2 cm³/mol. The van der Waals surface area contributed by atoms with Crippen LogP contribution in [0.25, 0.3) is 11.2 Å². The number of nitrogen functional groups attached to an aromatic ring is 1. The summed E-state index contributed by atoms with van der Waals surface area (Å²) in [4.78, 5) is 7.74. The van der Waals surface area contributed by atoms with Crippen molar-refractivity contribution < 1.29 is 4.42 Å². The summed E-state index contributed by atoms with van der Waals surface area (Å²) in [6.07, 6.45) is 2.89. The van der Waals surface area contributed by atoms with Gasteiger partial charge in [0.2, 0.25) is 0 Å². The first kappa shape index (κ1) is 5.22. The van der Waals surface area contributed by atoms with E-state index in [0.717, 1.165) is 0 Å². The molecule has 2 aromatic heterocycles. The third kappa shape index (κ3) is 0.621. The number of hydrogen-bond acceptors (Lipinski definition) is 4. The van der Waals surface area contributed by atoms with Gasteiger partial charge in [0.1, 0.15) is 0 Å². The van der Waals surface area contributed by atoms with Gasteiger partial charge in [-0.3, -0.25) is 0 Å². The minimum absolute atomic E-state index is 0.587. The highest BCUT2D eigenvalue weighted by Crippen LogP contribution is 2.11. The molecule has 4 nitrogen and oxygen atoms in total. The lowest BCUT2D eigenvalue weighted by atomic mass is 10.4. The Hall–Kier alpha value is -1.58. The van der Waals surface area contributed by atoms with Crippen LogP contribution >= 0.6 is 0 Å². The van der Waals surface area contributed by atoms with Crippen LogP contribution in [0.1, 0.15) is 0 Å². The van der Waals surface area contributed by atoms with Gasteiger partial charge in [0, 0.05) is 6.07 Å². The normalized spacial score (nSPS) is 10.4. The van der Waals surface area contributed by atoms with E-state index in [1.807, 2.05) is 0 Å². The molecule has 0 spiro atoms. The Bertz CT molecular complexity index is 355. The van der Waals surface area contributed by atoms with Gasteiger partial charge in [-0.05, 0) is 0 Å². The zero-order valence-electron chi connectivity index (χ0n) is 5.11. The van der Waals surface area contributed by atoms with E-state index >= 15 is 0 Å². The fraction of sp³-hybridized carbons (Fsp3) is 0. The van der Waals surface area contributed by atoms with Crippen LogP contribution in [0.4, 0.5) is 5.69 Å². The molecule has 0 bridgehead atoms. The van der Waals surface area contributed by atoms with Gasteiger partial charge < -0.3 is 10.2 Å². The van der Waals surface area contributed by atoms with Gasteiger partial charge in [-0.1, -0.05) is 0 Å². The van der Waals surface area contributed by atoms with Crippen LogP contribution in [0.2, 0.25) is 0 Å². The molecular weight excluding hydrogens is 130 g/mol. The highest BCUT2D eigenvalue weighted by Gasteiger charge is 1.97. The molecule has 2 rings (SSSR count). The van der Waals surface area contributed by atoms with Crippen LogP contribution in [0, 0.1) is 0 Å². The number of fused-ring (bicyclic) bond motifs is 1. The number of oxazole rings is 1. The number of nitrogens with zero attached hydrogens (tertiary/aromatic N) is 2. The van der Waals surface area contributed by atoms with Crippen molar-refractivity contribution in [2.24, 2.45) is 0 Å². The smallest absolute Gasteiger partial charge is 0.198 e. The lowest BCUT2D eigenvalue weighted by molar-refractivity contribution is 0.602. The molecule has 0 atom stereocenters. The Balaban J connectivity index is 2.86. The van der Waals surface area contributed by atoms with Crippen LogP contribution in [-0.4, -0.2) is 9.97 Å². The molecule has 2 aromatic rings. The Morgan fingerprint density at radius 3 is 3.20 bits per heavy atom. The molecule has 0 aliphatic heterocycles. The SMILES string of the molecule is Nc1cnc2ncoc2c1. The third-order valence-corrected chi connectivity index (χ3v) is 1.21. The minimum Gasteiger partial charge on any atom is -0.442 e. The van der Waals surface area contributed by atoms with E-state index in [4.69, 9.17) is 10.2 Å². The average Bonchev–Trinajstić information content (AvgIpc) is 2.33. The monoisotopic (exact) mass is 135 g/mol. The molecule has 0 saturated carbocycles. The summed E-state index contributed by atoms with van der Waals surface area (Å²) in [7, 11) is 0. The molecule has 0 aliphatic carbocycles. The summed E-state index contributed by atoms with van der Waals surface area (Å²) in [5.74, 6) is 0. The van der Waals surface area contributed by atoms with Crippen LogP contribution in [0.5, 0.6) is 0 Å². The number of hydrogen-bond donors (Lipinski definition) is 1. The minimum atomic E-state index is 0.587. The van der Waals surface area contributed by atoms with Crippen LogP contribution in [0.3, 0.4) is 0 Å². The second-order valence-electron chi connectivity index (χ2n) is 1.94. The van der Waals surface area contributed by atoms with Crippen LogP contribution in [0.15, 0.2) is 23.1 Å². The zero-order chi connectivity index (χ0) is 6.97. The Morgan fingerprint density at radius 2 is 2.30 bits per heavy atom. The summed E-state index contributed by atoms with van der Waals surface area (Å²) in [5, 5.41) is 0. The third-order valence-electron chi connectivity index (χ3n) is 1.21. The second-order valence-corrected chi connectivity index (χ2v) is 1.94. The summed E-state index contributed by atoms with van der Waals surface area (Å²) < 4.78 is 4.95. The highest BCUT2D eigenvalue weighted by molar-refractivity contribution is 5.70. The molecule has 0 amide bonds. The molecule has 10 heavy (non-hydrogen) atoms. The van der Waals surface area contributed by atoms with Crippen molar-refractivity contribution in [3.8, 4) is 0 Å². The lowest BCUT2D eigenvalue weighted by Gasteiger charge is -1.87. The average molecular weight is 135 g/mol. The van der Waals surface area contributed by atoms with Crippen molar-refractivity contribution in [2.75, 3.05) is 5.73 Å². The molecule has 0 fully saturated rings. The maximum atomic E-state index is 5.43. The quantitative estimate of drug-likeness (QED) is 0.580. The molecule has 0 aromatic carbocycles. The van der Waals surface area contributed by atoms with Gasteiger partial charge in [0.05, 0.1) is 11.9 Å². The first-order valence-corrected chi connectivity index (χ1v) is 2.81. The zero-order valence-corrected chi connectivity index (χ0v) is 5.11. The van der Waals surface area contributed by atoms with Crippen molar-refractivity contribution >= 4 is 16.9 Å². The highest BCUT2D eigenvalue weighted by atomic mass is 16.3. The largest absolute Gasteiger partial charge is 0.442 e. The number of anilines is 1. The van der Waals surface area contributed by atoms with Crippen molar-refractivity contribution in [3.05, 3.63) is 18.7 Å². The van der Waals surface area contributed by atoms with Gasteiger partial charge in [-0.15, -0.1) is 0 Å². The van der Waals surface area contributed by atoms with Gasteiger partial charge in [-0.25, -0.2) is 4.98 Å². The molecular formula is C6H5N3O. The predicted octanol–water partition coefficient (Wildman–Crippen LogP) is 0.805. The number of pyridine rings is 1. The second kappa shape index (κ2) is 1.70. The first-order chi connectivity index (χ1) is 4.86. The van der Waals surface area contributed by atoms with E-state index in [0.29, 0.717) is 16.9 Å². The summed E-state index contributed by atoms with van der Waals surface area (Å²) in [5.41, 5.74) is 7.24. The molecule has 50 valence electrons. The lowest BCUT2D eigenvalue weighted by Crippen LogP contribution is -1.84. The van der Waals surface area contributed by atoms with Crippen molar-refractivity contribution in [1.29, 1.82) is 0 Å². The van der Waals surface area contributed by atoms with Gasteiger partial charge in [-0.2, -0.15) is 4.98 Å².